The first-order valence-electron chi connectivity index (χ1n) is 6.70. The monoisotopic (exact) mass is 281 g/mol. The van der Waals surface area contributed by atoms with Crippen LogP contribution in [0.2, 0.25) is 0 Å². The van der Waals surface area contributed by atoms with Gasteiger partial charge in [0.25, 0.3) is 0 Å². The molecular weight excluding hydrogens is 262 g/mol. The van der Waals surface area contributed by atoms with Gasteiger partial charge in [-0.25, -0.2) is 0 Å². The predicted molar refractivity (Wildman–Crippen MR) is 69.9 cm³/mol. The number of aliphatic hydroxyl groups excluding tert-OH is 1. The molecule has 2 aliphatic rings. The minimum Gasteiger partial charge on any atom is -0.374 e. The number of allylic oxidation sites excluding steroid dienone is 1. The number of piperidine rings is 1. The highest BCUT2D eigenvalue weighted by Crippen LogP contribution is 2.32. The highest BCUT2D eigenvalue weighted by molar-refractivity contribution is 6.04. The van der Waals surface area contributed by atoms with Crippen molar-refractivity contribution in [3.63, 3.8) is 0 Å². The van der Waals surface area contributed by atoms with Crippen molar-refractivity contribution in [3.8, 4) is 0 Å². The maximum atomic E-state index is 12.1. The highest BCUT2D eigenvalue weighted by atomic mass is 16.3. The predicted octanol–water partition coefficient (Wildman–Crippen LogP) is -0.870. The van der Waals surface area contributed by atoms with Crippen molar-refractivity contribution in [3.05, 3.63) is 11.3 Å². The minimum absolute atomic E-state index is 0.187. The molecule has 20 heavy (non-hydrogen) atoms. The molecule has 3 atom stereocenters. The maximum Gasteiger partial charge on any atom is 0.249 e. The lowest BCUT2D eigenvalue weighted by molar-refractivity contribution is -0.136. The SMILES string of the molecule is CC(O)NC1=C(C(=O)NC2CCC(=O)NC2=O)C[C@@H]1C. The van der Waals surface area contributed by atoms with Gasteiger partial charge in [0.15, 0.2) is 0 Å². The Bertz CT molecular complexity index is 484. The van der Waals surface area contributed by atoms with E-state index in [9.17, 15) is 19.5 Å². The van der Waals surface area contributed by atoms with Crippen LogP contribution in [0.5, 0.6) is 0 Å². The summed E-state index contributed by atoms with van der Waals surface area (Å²) in [6, 6.07) is -0.670. The smallest absolute Gasteiger partial charge is 0.249 e. The molecule has 0 bridgehead atoms. The van der Waals surface area contributed by atoms with Gasteiger partial charge in [-0.2, -0.15) is 0 Å². The zero-order valence-electron chi connectivity index (χ0n) is 11.5. The number of carbonyl (C=O) groups excluding carboxylic acids is 3. The number of carbonyl (C=O) groups is 3. The Morgan fingerprint density at radius 1 is 1.45 bits per heavy atom. The first-order valence-corrected chi connectivity index (χ1v) is 6.70. The van der Waals surface area contributed by atoms with Crippen molar-refractivity contribution < 1.29 is 19.5 Å². The second-order valence-electron chi connectivity index (χ2n) is 5.29. The summed E-state index contributed by atoms with van der Waals surface area (Å²) in [7, 11) is 0. The zero-order valence-corrected chi connectivity index (χ0v) is 11.5. The highest BCUT2D eigenvalue weighted by Gasteiger charge is 2.34. The lowest BCUT2D eigenvalue weighted by atomic mass is 9.82. The quantitative estimate of drug-likeness (QED) is 0.396. The molecule has 0 aromatic rings. The molecule has 1 saturated heterocycles. The molecule has 1 heterocycles. The number of imide groups is 1. The van der Waals surface area contributed by atoms with Gasteiger partial charge in [-0.15, -0.1) is 0 Å². The van der Waals surface area contributed by atoms with Crippen LogP contribution in [0, 0.1) is 5.92 Å². The van der Waals surface area contributed by atoms with Gasteiger partial charge >= 0.3 is 0 Å². The molecule has 110 valence electrons. The summed E-state index contributed by atoms with van der Waals surface area (Å²) in [6.45, 7) is 3.53. The lowest BCUT2D eigenvalue weighted by Gasteiger charge is -2.33. The summed E-state index contributed by atoms with van der Waals surface area (Å²) < 4.78 is 0. The molecule has 0 aromatic carbocycles. The van der Waals surface area contributed by atoms with Crippen molar-refractivity contribution >= 4 is 17.7 Å². The maximum absolute atomic E-state index is 12.1. The molecule has 4 N–H and O–H groups in total. The number of amides is 3. The van der Waals surface area contributed by atoms with Crippen LogP contribution >= 0.6 is 0 Å². The van der Waals surface area contributed by atoms with Gasteiger partial charge in [-0.05, 0) is 19.8 Å². The second kappa shape index (κ2) is 5.62. The van der Waals surface area contributed by atoms with E-state index in [0.29, 0.717) is 24.1 Å². The van der Waals surface area contributed by atoms with E-state index >= 15 is 0 Å². The Labute approximate surface area is 116 Å². The Balaban J connectivity index is 2.00. The molecule has 7 heteroatoms. The van der Waals surface area contributed by atoms with Crippen LogP contribution in [0.4, 0.5) is 0 Å². The Morgan fingerprint density at radius 3 is 2.70 bits per heavy atom. The molecule has 0 saturated carbocycles. The van der Waals surface area contributed by atoms with Crippen molar-refractivity contribution in [1.82, 2.24) is 16.0 Å². The van der Waals surface area contributed by atoms with Crippen LogP contribution < -0.4 is 16.0 Å². The van der Waals surface area contributed by atoms with Gasteiger partial charge in [-0.3, -0.25) is 19.7 Å². The topological polar surface area (TPSA) is 108 Å². The van der Waals surface area contributed by atoms with Crippen LogP contribution in [0.1, 0.15) is 33.1 Å². The van der Waals surface area contributed by atoms with Gasteiger partial charge in [0.05, 0.1) is 0 Å². The second-order valence-corrected chi connectivity index (χ2v) is 5.29. The summed E-state index contributed by atoms with van der Waals surface area (Å²) in [4.78, 5) is 34.7. The molecule has 0 radical (unpaired) electrons. The molecule has 3 amide bonds. The number of aliphatic hydroxyl groups is 1. The normalized spacial score (nSPS) is 27.6. The average molecular weight is 281 g/mol. The molecular formula is C13H19N3O4. The molecule has 1 aliphatic heterocycles. The fraction of sp³-hybridized carbons (Fsp3) is 0.615. The number of rotatable bonds is 4. The van der Waals surface area contributed by atoms with Crippen LogP contribution in [-0.4, -0.2) is 35.1 Å². The van der Waals surface area contributed by atoms with Crippen LogP contribution in [-0.2, 0) is 14.4 Å². The van der Waals surface area contributed by atoms with E-state index in [-0.39, 0.29) is 24.2 Å². The van der Waals surface area contributed by atoms with E-state index in [1.165, 1.54) is 0 Å². The molecule has 2 unspecified atom stereocenters. The third-order valence-corrected chi connectivity index (χ3v) is 3.51. The van der Waals surface area contributed by atoms with Crippen molar-refractivity contribution in [2.45, 2.75) is 45.4 Å². The molecule has 2 rings (SSSR count). The largest absolute Gasteiger partial charge is 0.374 e. The summed E-state index contributed by atoms with van der Waals surface area (Å²) in [6.07, 6.45) is 0.420. The lowest BCUT2D eigenvalue weighted by Crippen LogP contribution is -2.53. The summed E-state index contributed by atoms with van der Waals surface area (Å²) in [5.74, 6) is -0.908. The van der Waals surface area contributed by atoms with Crippen molar-refractivity contribution in [2.75, 3.05) is 0 Å². The van der Waals surface area contributed by atoms with Crippen molar-refractivity contribution in [2.24, 2.45) is 5.92 Å². The van der Waals surface area contributed by atoms with Gasteiger partial charge < -0.3 is 15.7 Å². The molecule has 0 aromatic heterocycles. The van der Waals surface area contributed by atoms with E-state index < -0.39 is 18.2 Å². The molecule has 1 aliphatic carbocycles. The fourth-order valence-electron chi connectivity index (χ4n) is 2.43. The Morgan fingerprint density at radius 2 is 2.15 bits per heavy atom. The van der Waals surface area contributed by atoms with E-state index in [0.717, 1.165) is 0 Å². The number of hydrogen-bond donors (Lipinski definition) is 4. The standard InChI is InChI=1S/C13H19N3O4/c1-6-5-8(11(6)14-7(2)17)12(19)15-9-3-4-10(18)16-13(9)20/h6-7,9,14,17H,3-5H2,1-2H3,(H,15,19)(H,16,18,20)/t6-,7?,9?/m0/s1. The first kappa shape index (κ1) is 14.5. The van der Waals surface area contributed by atoms with E-state index in [2.05, 4.69) is 16.0 Å². The molecule has 1 fully saturated rings. The zero-order chi connectivity index (χ0) is 14.9. The molecule has 7 nitrogen and oxygen atoms in total. The third kappa shape index (κ3) is 2.98. The van der Waals surface area contributed by atoms with E-state index in [1.807, 2.05) is 6.92 Å². The molecule has 0 spiro atoms. The van der Waals surface area contributed by atoms with Crippen molar-refractivity contribution in [1.29, 1.82) is 0 Å². The van der Waals surface area contributed by atoms with E-state index in [4.69, 9.17) is 0 Å². The number of hydrogen-bond acceptors (Lipinski definition) is 5. The van der Waals surface area contributed by atoms with E-state index in [1.54, 1.807) is 6.92 Å². The van der Waals surface area contributed by atoms with Crippen LogP contribution in [0.15, 0.2) is 11.3 Å². The Kier molecular flexibility index (Phi) is 4.08. The van der Waals surface area contributed by atoms with Crippen LogP contribution in [0.25, 0.3) is 0 Å². The summed E-state index contributed by atoms with van der Waals surface area (Å²) in [5.41, 5.74) is 1.27. The first-order chi connectivity index (χ1) is 9.38. The van der Waals surface area contributed by atoms with Gasteiger partial charge in [0.2, 0.25) is 17.7 Å². The number of nitrogens with one attached hydrogen (secondary N) is 3. The average Bonchev–Trinajstić information content (AvgIpc) is 2.36. The fourth-order valence-corrected chi connectivity index (χ4v) is 2.43. The Hall–Kier alpha value is -1.89. The minimum atomic E-state index is -0.730. The van der Waals surface area contributed by atoms with Gasteiger partial charge in [-0.1, -0.05) is 6.92 Å². The summed E-state index contributed by atoms with van der Waals surface area (Å²) in [5, 5.41) is 17.0. The van der Waals surface area contributed by atoms with Gasteiger partial charge in [0, 0.05) is 23.6 Å². The van der Waals surface area contributed by atoms with Crippen LogP contribution in [0.3, 0.4) is 0 Å². The summed E-state index contributed by atoms with van der Waals surface area (Å²) >= 11 is 0. The van der Waals surface area contributed by atoms with Gasteiger partial charge in [0.1, 0.15) is 12.3 Å². The third-order valence-electron chi connectivity index (χ3n) is 3.51.